The number of hydrogen-bond donors (Lipinski definition) is 2. The molecule has 1 heterocycles. The van der Waals surface area contributed by atoms with E-state index in [1.165, 1.54) is 11.1 Å². The van der Waals surface area contributed by atoms with Crippen molar-refractivity contribution in [1.82, 2.24) is 20.4 Å². The lowest BCUT2D eigenvalue weighted by molar-refractivity contribution is 0.182. The number of nitrogens with zero attached hydrogens (tertiary/aromatic N) is 3. The third-order valence-electron chi connectivity index (χ3n) is 4.38. The van der Waals surface area contributed by atoms with E-state index in [1.807, 2.05) is 35.9 Å². The molecule has 2 rings (SSSR count). The van der Waals surface area contributed by atoms with E-state index in [1.54, 1.807) is 14.2 Å². The quantitative estimate of drug-likeness (QED) is 0.239. The number of aromatic nitrogens is 2. The zero-order valence-corrected chi connectivity index (χ0v) is 19.7. The summed E-state index contributed by atoms with van der Waals surface area (Å²) in [4.78, 5) is 4.27. The van der Waals surface area contributed by atoms with Crippen LogP contribution in [0.2, 0.25) is 0 Å². The van der Waals surface area contributed by atoms with Gasteiger partial charge in [-0.3, -0.25) is 9.67 Å². The molecular weight excluding hydrogens is 469 g/mol. The number of methoxy groups -OCH3 is 1. The van der Waals surface area contributed by atoms with Crippen LogP contribution in [0.5, 0.6) is 5.75 Å². The van der Waals surface area contributed by atoms with Crippen LogP contribution in [0, 0.1) is 20.8 Å². The summed E-state index contributed by atoms with van der Waals surface area (Å²) < 4.78 is 12.9. The molecule has 0 saturated carbocycles. The molecule has 2 N–H and O–H groups in total. The van der Waals surface area contributed by atoms with Crippen LogP contribution in [0.15, 0.2) is 29.3 Å². The van der Waals surface area contributed by atoms with Crippen LogP contribution < -0.4 is 15.4 Å². The molecule has 0 radical (unpaired) electrons. The van der Waals surface area contributed by atoms with E-state index >= 15 is 0 Å². The van der Waals surface area contributed by atoms with Gasteiger partial charge in [-0.05, 0) is 32.9 Å². The van der Waals surface area contributed by atoms with E-state index in [-0.39, 0.29) is 24.0 Å². The third-order valence-corrected chi connectivity index (χ3v) is 4.38. The minimum atomic E-state index is 0. The Morgan fingerprint density at radius 3 is 2.46 bits per heavy atom. The van der Waals surface area contributed by atoms with Crippen LogP contribution in [0.25, 0.3) is 0 Å². The van der Waals surface area contributed by atoms with Crippen LogP contribution in [0.4, 0.5) is 0 Å². The summed E-state index contributed by atoms with van der Waals surface area (Å²) in [5.41, 5.74) is 4.58. The number of benzene rings is 1. The van der Waals surface area contributed by atoms with Gasteiger partial charge in [0.15, 0.2) is 5.96 Å². The second-order valence-electron chi connectivity index (χ2n) is 6.38. The van der Waals surface area contributed by atoms with Gasteiger partial charge in [0, 0.05) is 32.0 Å². The zero-order chi connectivity index (χ0) is 19.6. The molecule has 1 aromatic heterocycles. The summed E-state index contributed by atoms with van der Waals surface area (Å²) in [5.74, 6) is 1.62. The minimum absolute atomic E-state index is 0. The molecule has 0 spiro atoms. The Balaban J connectivity index is 0.00000392. The highest BCUT2D eigenvalue weighted by molar-refractivity contribution is 14.0. The van der Waals surface area contributed by atoms with Gasteiger partial charge < -0.3 is 20.1 Å². The van der Waals surface area contributed by atoms with Crippen molar-refractivity contribution in [2.24, 2.45) is 4.99 Å². The number of ether oxygens (including phenoxy) is 2. The van der Waals surface area contributed by atoms with Crippen LogP contribution >= 0.6 is 24.0 Å². The molecule has 156 valence electrons. The number of aryl methyl sites for hydroxylation is 2. The lowest BCUT2D eigenvalue weighted by Gasteiger charge is -2.13. The Bertz CT molecular complexity index is 744. The monoisotopic (exact) mass is 501 g/mol. The van der Waals surface area contributed by atoms with E-state index in [4.69, 9.17) is 9.47 Å². The smallest absolute Gasteiger partial charge is 0.191 e. The highest BCUT2D eigenvalue weighted by Gasteiger charge is 2.11. The van der Waals surface area contributed by atoms with Crippen molar-refractivity contribution in [1.29, 1.82) is 0 Å². The Hall–Kier alpha value is -1.81. The van der Waals surface area contributed by atoms with Gasteiger partial charge in [-0.1, -0.05) is 17.7 Å². The van der Waals surface area contributed by atoms with Gasteiger partial charge in [0.1, 0.15) is 12.4 Å². The van der Waals surface area contributed by atoms with Crippen molar-refractivity contribution >= 4 is 29.9 Å². The summed E-state index contributed by atoms with van der Waals surface area (Å²) in [5, 5.41) is 11.2. The fraction of sp³-hybridized carbons (Fsp3) is 0.500. The summed E-state index contributed by atoms with van der Waals surface area (Å²) in [6.07, 6.45) is 0. The fourth-order valence-corrected chi connectivity index (χ4v) is 2.75. The van der Waals surface area contributed by atoms with E-state index in [9.17, 15) is 0 Å². The third kappa shape index (κ3) is 7.31. The zero-order valence-electron chi connectivity index (χ0n) is 17.4. The normalized spacial score (nSPS) is 11.1. The van der Waals surface area contributed by atoms with Gasteiger partial charge in [0.2, 0.25) is 0 Å². The number of nitrogens with one attached hydrogen (secondary N) is 2. The molecule has 0 bridgehead atoms. The lowest BCUT2D eigenvalue weighted by Crippen LogP contribution is -2.39. The average molecular weight is 501 g/mol. The molecule has 0 aliphatic rings. The molecule has 0 unspecified atom stereocenters. The Labute approximate surface area is 184 Å². The van der Waals surface area contributed by atoms with Crippen molar-refractivity contribution in [3.05, 3.63) is 46.8 Å². The molecule has 0 amide bonds. The summed E-state index contributed by atoms with van der Waals surface area (Å²) in [7, 11) is 3.46. The summed E-state index contributed by atoms with van der Waals surface area (Å²) in [6.45, 7) is 9.48. The molecule has 2 aromatic rings. The maximum absolute atomic E-state index is 5.73. The molecular formula is C20H32IN5O2. The van der Waals surface area contributed by atoms with Gasteiger partial charge >= 0.3 is 0 Å². The van der Waals surface area contributed by atoms with Crippen molar-refractivity contribution < 1.29 is 9.47 Å². The first-order valence-electron chi connectivity index (χ1n) is 9.21. The van der Waals surface area contributed by atoms with Crippen molar-refractivity contribution in [3.63, 3.8) is 0 Å². The van der Waals surface area contributed by atoms with Crippen LogP contribution in [-0.2, 0) is 17.8 Å². The maximum atomic E-state index is 5.73. The molecule has 1 aromatic carbocycles. The number of halogens is 1. The second kappa shape index (κ2) is 12.6. The molecule has 8 heteroatoms. The molecule has 0 saturated heterocycles. The fourth-order valence-electron chi connectivity index (χ4n) is 2.75. The number of rotatable bonds is 9. The maximum Gasteiger partial charge on any atom is 0.191 e. The Kier molecular flexibility index (Phi) is 10.9. The largest absolute Gasteiger partial charge is 0.492 e. The number of hydrogen-bond acceptors (Lipinski definition) is 4. The molecule has 0 aliphatic heterocycles. The predicted octanol–water partition coefficient (Wildman–Crippen LogP) is 2.82. The van der Waals surface area contributed by atoms with Gasteiger partial charge in [-0.15, -0.1) is 24.0 Å². The van der Waals surface area contributed by atoms with Crippen LogP contribution in [0.3, 0.4) is 0 Å². The first-order valence-corrected chi connectivity index (χ1v) is 9.21. The first-order chi connectivity index (χ1) is 13.0. The standard InChI is InChI=1S/C20H31N5O2.HI/c1-15-6-8-18(9-7-15)27-12-10-22-20(21-4)23-14-19-16(2)24-25(17(19)3)11-13-26-5;/h6-9H,10-14H2,1-5H3,(H2,21,22,23);1H. The number of aliphatic imine (C=N–C) groups is 1. The van der Waals surface area contributed by atoms with Crippen LogP contribution in [-0.4, -0.2) is 49.7 Å². The van der Waals surface area contributed by atoms with Gasteiger partial charge in [0.25, 0.3) is 0 Å². The van der Waals surface area contributed by atoms with Gasteiger partial charge in [-0.25, -0.2) is 0 Å². The van der Waals surface area contributed by atoms with Crippen molar-refractivity contribution in [2.75, 3.05) is 33.9 Å². The predicted molar refractivity (Wildman–Crippen MR) is 124 cm³/mol. The van der Waals surface area contributed by atoms with Crippen molar-refractivity contribution in [3.8, 4) is 5.75 Å². The van der Waals surface area contributed by atoms with E-state index in [0.29, 0.717) is 26.3 Å². The average Bonchev–Trinajstić information content (AvgIpc) is 2.94. The summed E-state index contributed by atoms with van der Waals surface area (Å²) in [6, 6.07) is 8.05. The van der Waals surface area contributed by atoms with E-state index in [2.05, 4.69) is 34.6 Å². The number of guanidine groups is 1. The molecule has 0 aliphatic carbocycles. The second-order valence-corrected chi connectivity index (χ2v) is 6.38. The van der Waals surface area contributed by atoms with Gasteiger partial charge in [0.05, 0.1) is 25.4 Å². The molecule has 0 fully saturated rings. The van der Waals surface area contributed by atoms with E-state index < -0.39 is 0 Å². The first kappa shape index (κ1) is 24.2. The van der Waals surface area contributed by atoms with Crippen LogP contribution in [0.1, 0.15) is 22.5 Å². The molecule has 0 atom stereocenters. The SMILES string of the molecule is CN=C(NCCOc1ccc(C)cc1)NCc1c(C)nn(CCOC)c1C.I. The highest BCUT2D eigenvalue weighted by Crippen LogP contribution is 2.13. The molecule has 7 nitrogen and oxygen atoms in total. The molecule has 28 heavy (non-hydrogen) atoms. The summed E-state index contributed by atoms with van der Waals surface area (Å²) >= 11 is 0. The van der Waals surface area contributed by atoms with Crippen molar-refractivity contribution in [2.45, 2.75) is 33.9 Å². The lowest BCUT2D eigenvalue weighted by atomic mass is 10.2. The van der Waals surface area contributed by atoms with E-state index in [0.717, 1.165) is 29.6 Å². The van der Waals surface area contributed by atoms with Gasteiger partial charge in [-0.2, -0.15) is 5.10 Å². The Morgan fingerprint density at radius 2 is 1.82 bits per heavy atom. The topological polar surface area (TPSA) is 72.7 Å². The Morgan fingerprint density at radius 1 is 1.11 bits per heavy atom. The highest BCUT2D eigenvalue weighted by atomic mass is 127. The minimum Gasteiger partial charge on any atom is -0.492 e.